The summed E-state index contributed by atoms with van der Waals surface area (Å²) in [6, 6.07) is 13.3. The normalized spacial score (nSPS) is 22.7. The molecule has 1 saturated carbocycles. The van der Waals surface area contributed by atoms with Gasteiger partial charge >= 0.3 is 0 Å². The molecule has 1 saturated heterocycles. The Morgan fingerprint density at radius 2 is 1.73 bits per heavy atom. The van der Waals surface area contributed by atoms with Crippen LogP contribution in [0.1, 0.15) is 55.8 Å². The highest BCUT2D eigenvalue weighted by atomic mass is 32.2. The summed E-state index contributed by atoms with van der Waals surface area (Å²) in [5.41, 5.74) is 1.47. The molecule has 26 heavy (non-hydrogen) atoms. The average Bonchev–Trinajstić information content (AvgIpc) is 2.67. The maximum atomic E-state index is 6.32. The predicted molar refractivity (Wildman–Crippen MR) is 111 cm³/mol. The Balaban J connectivity index is 1.56. The molecule has 1 heterocycles. The average molecular weight is 371 g/mol. The third kappa shape index (κ3) is 4.37. The molecule has 2 nitrogen and oxygen atoms in total. The van der Waals surface area contributed by atoms with Gasteiger partial charge in [-0.25, -0.2) is 0 Å². The van der Waals surface area contributed by atoms with Gasteiger partial charge in [0.1, 0.15) is 5.75 Å². The summed E-state index contributed by atoms with van der Waals surface area (Å²) in [7, 11) is 0. The summed E-state index contributed by atoms with van der Waals surface area (Å²) < 4.78 is 11.9. The Labute approximate surface area is 161 Å². The van der Waals surface area contributed by atoms with Crippen molar-refractivity contribution in [2.24, 2.45) is 5.92 Å². The van der Waals surface area contributed by atoms with Crippen LogP contribution < -0.4 is 4.74 Å². The summed E-state index contributed by atoms with van der Waals surface area (Å²) in [5, 5.41) is 3.21. The molecule has 1 atom stereocenters. The van der Waals surface area contributed by atoms with Crippen molar-refractivity contribution in [3.8, 4) is 5.75 Å². The molecule has 2 aromatic rings. The third-order valence-corrected chi connectivity index (χ3v) is 7.06. The first kappa shape index (κ1) is 18.2. The van der Waals surface area contributed by atoms with Crippen molar-refractivity contribution in [2.45, 2.75) is 50.2 Å². The number of hydrogen-bond acceptors (Lipinski definition) is 3. The van der Waals surface area contributed by atoms with Crippen molar-refractivity contribution in [1.82, 2.24) is 0 Å². The molecule has 0 radical (unpaired) electrons. The SMILES string of the molecule is c1ccc2c(C3CCCOCCS3)ccc(OCC3CCCCC3)c2c1. The number of hydrogen-bond donors (Lipinski definition) is 0. The summed E-state index contributed by atoms with van der Waals surface area (Å²) in [5.74, 6) is 2.89. The zero-order valence-electron chi connectivity index (χ0n) is 15.6. The molecule has 0 N–H and O–H groups in total. The second-order valence-electron chi connectivity index (χ2n) is 7.63. The van der Waals surface area contributed by atoms with Crippen LogP contribution in [-0.4, -0.2) is 25.6 Å². The molecule has 2 aromatic carbocycles. The second kappa shape index (κ2) is 9.14. The van der Waals surface area contributed by atoms with Crippen LogP contribution in [0.3, 0.4) is 0 Å². The summed E-state index contributed by atoms with van der Waals surface area (Å²) in [6.07, 6.45) is 9.14. The molecule has 2 fully saturated rings. The maximum Gasteiger partial charge on any atom is 0.127 e. The van der Waals surface area contributed by atoms with Crippen molar-refractivity contribution in [2.75, 3.05) is 25.6 Å². The lowest BCUT2D eigenvalue weighted by atomic mass is 9.90. The molecule has 0 spiro atoms. The number of rotatable bonds is 4. The lowest BCUT2D eigenvalue weighted by Gasteiger charge is -2.24. The Hall–Kier alpha value is -1.19. The summed E-state index contributed by atoms with van der Waals surface area (Å²) >= 11 is 2.04. The van der Waals surface area contributed by atoms with Crippen LogP contribution in [-0.2, 0) is 4.74 Å². The molecule has 1 aliphatic heterocycles. The summed E-state index contributed by atoms with van der Waals surface area (Å²) in [6.45, 7) is 2.65. The van der Waals surface area contributed by atoms with Crippen LogP contribution in [0, 0.1) is 5.92 Å². The molecular weight excluding hydrogens is 340 g/mol. The number of fused-ring (bicyclic) bond motifs is 1. The van der Waals surface area contributed by atoms with Gasteiger partial charge < -0.3 is 9.47 Å². The fourth-order valence-electron chi connectivity index (χ4n) is 4.31. The van der Waals surface area contributed by atoms with Crippen LogP contribution in [0.2, 0.25) is 0 Å². The first-order valence-electron chi connectivity index (χ1n) is 10.3. The van der Waals surface area contributed by atoms with Crippen LogP contribution in [0.4, 0.5) is 0 Å². The minimum atomic E-state index is 0.566. The van der Waals surface area contributed by atoms with Crippen LogP contribution in [0.5, 0.6) is 5.75 Å². The van der Waals surface area contributed by atoms with E-state index in [-0.39, 0.29) is 0 Å². The quantitative estimate of drug-likeness (QED) is 0.622. The number of ether oxygens (including phenoxy) is 2. The third-order valence-electron chi connectivity index (χ3n) is 5.77. The smallest absolute Gasteiger partial charge is 0.127 e. The van der Waals surface area contributed by atoms with E-state index in [1.165, 1.54) is 54.9 Å². The van der Waals surface area contributed by atoms with E-state index < -0.39 is 0 Å². The van der Waals surface area contributed by atoms with Gasteiger partial charge in [0.05, 0.1) is 13.2 Å². The van der Waals surface area contributed by atoms with E-state index in [0.29, 0.717) is 5.25 Å². The molecular formula is C23H30O2S. The van der Waals surface area contributed by atoms with Gasteiger partial charge in [0.25, 0.3) is 0 Å². The Bertz CT molecular complexity index is 700. The van der Waals surface area contributed by atoms with Crippen LogP contribution in [0.25, 0.3) is 10.8 Å². The molecule has 2 aliphatic rings. The zero-order chi connectivity index (χ0) is 17.6. The fraction of sp³-hybridized carbons (Fsp3) is 0.565. The van der Waals surface area contributed by atoms with Crippen molar-refractivity contribution >= 4 is 22.5 Å². The lowest BCUT2D eigenvalue weighted by Crippen LogP contribution is -2.15. The first-order valence-corrected chi connectivity index (χ1v) is 11.3. The zero-order valence-corrected chi connectivity index (χ0v) is 16.4. The van der Waals surface area contributed by atoms with Crippen molar-refractivity contribution < 1.29 is 9.47 Å². The van der Waals surface area contributed by atoms with E-state index in [0.717, 1.165) is 43.7 Å². The standard InChI is InChI=1S/C23H30O2S/c1-2-7-18(8-3-1)17-25-22-13-12-21(19-9-4-5-10-20(19)22)23-11-6-14-24-15-16-26-23/h4-5,9-10,12-13,18,23H,1-3,6-8,11,14-17H2. The van der Waals surface area contributed by atoms with Gasteiger partial charge in [-0.1, -0.05) is 49.6 Å². The minimum absolute atomic E-state index is 0.566. The van der Waals surface area contributed by atoms with E-state index in [9.17, 15) is 0 Å². The van der Waals surface area contributed by atoms with E-state index in [4.69, 9.17) is 9.47 Å². The largest absolute Gasteiger partial charge is 0.493 e. The molecule has 0 amide bonds. The Kier molecular flexibility index (Phi) is 6.40. The molecule has 4 rings (SSSR count). The minimum Gasteiger partial charge on any atom is -0.493 e. The fourth-order valence-corrected chi connectivity index (χ4v) is 5.53. The molecule has 0 aromatic heterocycles. The maximum absolute atomic E-state index is 6.32. The van der Waals surface area contributed by atoms with E-state index in [1.54, 1.807) is 0 Å². The van der Waals surface area contributed by atoms with Crippen molar-refractivity contribution in [3.05, 3.63) is 42.0 Å². The summed E-state index contributed by atoms with van der Waals surface area (Å²) in [4.78, 5) is 0. The van der Waals surface area contributed by atoms with Gasteiger partial charge in [-0.3, -0.25) is 0 Å². The van der Waals surface area contributed by atoms with Gasteiger partial charge in [-0.2, -0.15) is 11.8 Å². The van der Waals surface area contributed by atoms with Crippen molar-refractivity contribution in [1.29, 1.82) is 0 Å². The van der Waals surface area contributed by atoms with Gasteiger partial charge in [0.2, 0.25) is 0 Å². The molecule has 0 bridgehead atoms. The van der Waals surface area contributed by atoms with Gasteiger partial charge in [-0.15, -0.1) is 0 Å². The lowest BCUT2D eigenvalue weighted by molar-refractivity contribution is 0.143. The molecule has 1 unspecified atom stereocenters. The second-order valence-corrected chi connectivity index (χ2v) is 8.94. The van der Waals surface area contributed by atoms with E-state index >= 15 is 0 Å². The highest BCUT2D eigenvalue weighted by Gasteiger charge is 2.19. The highest BCUT2D eigenvalue weighted by molar-refractivity contribution is 7.99. The van der Waals surface area contributed by atoms with E-state index in [1.807, 2.05) is 11.8 Å². The van der Waals surface area contributed by atoms with Crippen molar-refractivity contribution in [3.63, 3.8) is 0 Å². The first-order chi connectivity index (χ1) is 12.9. The Morgan fingerprint density at radius 3 is 2.62 bits per heavy atom. The van der Waals surface area contributed by atoms with Crippen LogP contribution >= 0.6 is 11.8 Å². The molecule has 3 heteroatoms. The predicted octanol–water partition coefficient (Wildman–Crippen LogP) is 6.38. The number of benzene rings is 2. The monoisotopic (exact) mass is 370 g/mol. The van der Waals surface area contributed by atoms with Gasteiger partial charge in [0.15, 0.2) is 0 Å². The topological polar surface area (TPSA) is 18.5 Å². The highest BCUT2D eigenvalue weighted by Crippen LogP contribution is 2.40. The van der Waals surface area contributed by atoms with Gasteiger partial charge in [0, 0.05) is 23.0 Å². The number of thioether (sulfide) groups is 1. The van der Waals surface area contributed by atoms with E-state index in [2.05, 4.69) is 36.4 Å². The molecule has 140 valence electrons. The van der Waals surface area contributed by atoms with Crippen LogP contribution in [0.15, 0.2) is 36.4 Å². The van der Waals surface area contributed by atoms with Gasteiger partial charge in [-0.05, 0) is 48.6 Å². The Morgan fingerprint density at radius 1 is 0.885 bits per heavy atom. The molecule has 1 aliphatic carbocycles.